The Labute approximate surface area is 195 Å². The molecular weight excluding hydrogens is 451 g/mol. The number of benzene rings is 2. The molecule has 166 valence electrons. The number of ketones is 1. The van der Waals surface area contributed by atoms with Crippen molar-refractivity contribution in [2.24, 2.45) is 5.73 Å². The van der Waals surface area contributed by atoms with Crippen LogP contribution in [0.3, 0.4) is 0 Å². The average molecular weight is 473 g/mol. The summed E-state index contributed by atoms with van der Waals surface area (Å²) < 4.78 is 1.50. The summed E-state index contributed by atoms with van der Waals surface area (Å²) in [5, 5.41) is 5.03. The van der Waals surface area contributed by atoms with Gasteiger partial charge in [0, 0.05) is 42.3 Å². The van der Waals surface area contributed by atoms with E-state index in [1.54, 1.807) is 42.5 Å². The lowest BCUT2D eigenvalue weighted by atomic mass is 10.0. The highest BCUT2D eigenvalue weighted by atomic mass is 35.5. The van der Waals surface area contributed by atoms with E-state index in [4.69, 9.17) is 28.9 Å². The summed E-state index contributed by atoms with van der Waals surface area (Å²) in [5.74, 6) is -0.648. The Hall–Kier alpha value is -2.78. The molecule has 1 fully saturated rings. The van der Waals surface area contributed by atoms with Crippen molar-refractivity contribution in [3.05, 3.63) is 75.3 Å². The van der Waals surface area contributed by atoms with Gasteiger partial charge in [-0.05, 0) is 37.4 Å². The van der Waals surface area contributed by atoms with Crippen molar-refractivity contribution < 1.29 is 9.59 Å². The van der Waals surface area contributed by atoms with Crippen LogP contribution < -0.4 is 5.73 Å². The van der Waals surface area contributed by atoms with E-state index in [2.05, 4.69) is 26.9 Å². The van der Waals surface area contributed by atoms with Crippen LogP contribution in [0.5, 0.6) is 0 Å². The molecule has 8 nitrogen and oxygen atoms in total. The maximum absolute atomic E-state index is 13.4. The van der Waals surface area contributed by atoms with Gasteiger partial charge < -0.3 is 10.6 Å². The number of nitrogens with zero attached hydrogens (tertiary/aromatic N) is 5. The topological polar surface area (TPSA) is 97.3 Å². The fourth-order valence-electron chi connectivity index (χ4n) is 3.62. The molecule has 32 heavy (non-hydrogen) atoms. The van der Waals surface area contributed by atoms with Gasteiger partial charge in [-0.2, -0.15) is 0 Å². The molecule has 1 amide bonds. The minimum Gasteiger partial charge on any atom is -0.363 e. The molecule has 1 saturated heterocycles. The van der Waals surface area contributed by atoms with Gasteiger partial charge in [0.1, 0.15) is 5.82 Å². The first-order valence-corrected chi connectivity index (χ1v) is 10.8. The Morgan fingerprint density at radius 1 is 1.03 bits per heavy atom. The van der Waals surface area contributed by atoms with Gasteiger partial charge >= 0.3 is 0 Å². The Bertz CT molecular complexity index is 1170. The number of primary amides is 1. The van der Waals surface area contributed by atoms with E-state index in [0.29, 0.717) is 39.2 Å². The predicted molar refractivity (Wildman–Crippen MR) is 123 cm³/mol. The summed E-state index contributed by atoms with van der Waals surface area (Å²) in [6.07, 6.45) is 0. The number of likely N-dealkylation sites (N-methyl/N-ethyl adjacent to an activating group) is 1. The zero-order valence-electron chi connectivity index (χ0n) is 17.5. The maximum atomic E-state index is 13.4. The van der Waals surface area contributed by atoms with Gasteiger partial charge in [-0.1, -0.05) is 35.3 Å². The second kappa shape index (κ2) is 9.38. The van der Waals surface area contributed by atoms with Crippen LogP contribution in [0, 0.1) is 0 Å². The van der Waals surface area contributed by atoms with E-state index in [1.165, 1.54) is 4.68 Å². The first kappa shape index (κ1) is 22.4. The first-order valence-electron chi connectivity index (χ1n) is 10.1. The minimum atomic E-state index is -0.740. The third-order valence-electron chi connectivity index (χ3n) is 5.41. The van der Waals surface area contributed by atoms with E-state index >= 15 is 0 Å². The van der Waals surface area contributed by atoms with Gasteiger partial charge in [-0.25, -0.2) is 9.67 Å². The molecule has 2 N–H and O–H groups in total. The van der Waals surface area contributed by atoms with Crippen LogP contribution in [0.2, 0.25) is 10.0 Å². The van der Waals surface area contributed by atoms with Crippen LogP contribution >= 0.6 is 23.2 Å². The lowest BCUT2D eigenvalue weighted by Crippen LogP contribution is -2.44. The fourth-order valence-corrected chi connectivity index (χ4v) is 4.01. The van der Waals surface area contributed by atoms with Gasteiger partial charge in [-0.3, -0.25) is 14.5 Å². The number of nitrogens with two attached hydrogens (primary N) is 1. The highest BCUT2D eigenvalue weighted by Gasteiger charge is 2.24. The number of piperazine rings is 1. The molecule has 0 spiro atoms. The van der Waals surface area contributed by atoms with Gasteiger partial charge in [0.25, 0.3) is 5.91 Å². The Balaban J connectivity index is 1.78. The number of hydrogen-bond acceptors (Lipinski definition) is 6. The quantitative estimate of drug-likeness (QED) is 0.553. The smallest absolute Gasteiger partial charge is 0.288 e. The van der Waals surface area contributed by atoms with Crippen LogP contribution in [-0.2, 0) is 6.54 Å². The number of rotatable bonds is 6. The van der Waals surface area contributed by atoms with E-state index in [0.717, 1.165) is 26.2 Å². The minimum absolute atomic E-state index is 0.111. The van der Waals surface area contributed by atoms with Crippen molar-refractivity contribution in [1.82, 2.24) is 24.6 Å². The molecule has 3 aromatic rings. The zero-order chi connectivity index (χ0) is 22.8. The van der Waals surface area contributed by atoms with Crippen LogP contribution in [0.25, 0.3) is 5.69 Å². The van der Waals surface area contributed by atoms with Gasteiger partial charge in [0.05, 0.1) is 17.3 Å². The molecule has 2 heterocycles. The number of amides is 1. The third-order valence-corrected chi connectivity index (χ3v) is 5.97. The van der Waals surface area contributed by atoms with Gasteiger partial charge in [0.2, 0.25) is 5.82 Å². The Kier molecular flexibility index (Phi) is 6.57. The molecule has 10 heteroatoms. The Morgan fingerprint density at radius 3 is 2.44 bits per heavy atom. The van der Waals surface area contributed by atoms with Gasteiger partial charge in [-0.15, -0.1) is 5.10 Å². The zero-order valence-corrected chi connectivity index (χ0v) is 19.0. The summed E-state index contributed by atoms with van der Waals surface area (Å²) in [4.78, 5) is 34.0. The number of carbonyl (C=O) groups is 2. The average Bonchev–Trinajstić information content (AvgIpc) is 3.19. The summed E-state index contributed by atoms with van der Waals surface area (Å²) in [6.45, 7) is 4.00. The lowest BCUT2D eigenvalue weighted by molar-refractivity contribution is 0.0989. The van der Waals surface area contributed by atoms with E-state index in [-0.39, 0.29) is 11.6 Å². The van der Waals surface area contributed by atoms with E-state index < -0.39 is 5.91 Å². The van der Waals surface area contributed by atoms with Crippen LogP contribution in [-0.4, -0.2) is 69.5 Å². The van der Waals surface area contributed by atoms with Crippen LogP contribution in [0.15, 0.2) is 42.5 Å². The summed E-state index contributed by atoms with van der Waals surface area (Å²) in [6, 6.07) is 11.7. The molecule has 4 rings (SSSR count). The molecular formula is C22H22Cl2N6O2. The van der Waals surface area contributed by atoms with Crippen molar-refractivity contribution >= 4 is 34.9 Å². The van der Waals surface area contributed by atoms with Crippen molar-refractivity contribution in [3.63, 3.8) is 0 Å². The summed E-state index contributed by atoms with van der Waals surface area (Å²) in [7, 11) is 2.07. The Morgan fingerprint density at radius 2 is 1.75 bits per heavy atom. The molecule has 1 aliphatic rings. The second-order valence-corrected chi connectivity index (χ2v) is 8.52. The number of hydrogen-bond donors (Lipinski definition) is 1. The SMILES string of the molecule is CN1CCN(Cc2nc(C(N)=O)nn2-c2ccc(Cl)cc2C(=O)c2ccccc2Cl)CC1. The molecule has 0 bridgehead atoms. The fraction of sp³-hybridized carbons (Fsp3) is 0.273. The second-order valence-electron chi connectivity index (χ2n) is 7.68. The largest absolute Gasteiger partial charge is 0.363 e. The summed E-state index contributed by atoms with van der Waals surface area (Å²) in [5.41, 5.74) is 6.54. The molecule has 1 aliphatic heterocycles. The van der Waals surface area contributed by atoms with Gasteiger partial charge in [0.15, 0.2) is 5.78 Å². The number of aromatic nitrogens is 3. The molecule has 0 atom stereocenters. The maximum Gasteiger partial charge on any atom is 0.288 e. The first-order chi connectivity index (χ1) is 15.3. The number of halogens is 2. The molecule has 0 unspecified atom stereocenters. The van der Waals surface area contributed by atoms with Crippen molar-refractivity contribution in [2.45, 2.75) is 6.54 Å². The normalized spacial score (nSPS) is 15.1. The predicted octanol–water partition coefficient (Wildman–Crippen LogP) is 2.65. The highest BCUT2D eigenvalue weighted by molar-refractivity contribution is 6.35. The van der Waals surface area contributed by atoms with E-state index in [9.17, 15) is 9.59 Å². The van der Waals surface area contributed by atoms with Crippen molar-refractivity contribution in [2.75, 3.05) is 33.2 Å². The monoisotopic (exact) mass is 472 g/mol. The van der Waals surface area contributed by atoms with Crippen molar-refractivity contribution in [3.8, 4) is 5.69 Å². The molecule has 1 aromatic heterocycles. The molecule has 2 aromatic carbocycles. The highest BCUT2D eigenvalue weighted by Crippen LogP contribution is 2.26. The number of carbonyl (C=O) groups excluding carboxylic acids is 2. The molecule has 0 aliphatic carbocycles. The molecule has 0 radical (unpaired) electrons. The van der Waals surface area contributed by atoms with E-state index in [1.807, 2.05) is 0 Å². The lowest BCUT2D eigenvalue weighted by Gasteiger charge is -2.31. The third kappa shape index (κ3) is 4.68. The van der Waals surface area contributed by atoms with Crippen LogP contribution in [0.1, 0.15) is 32.4 Å². The van der Waals surface area contributed by atoms with Crippen LogP contribution in [0.4, 0.5) is 0 Å². The molecule has 0 saturated carbocycles. The summed E-state index contributed by atoms with van der Waals surface area (Å²) >= 11 is 12.5. The van der Waals surface area contributed by atoms with Crippen molar-refractivity contribution in [1.29, 1.82) is 0 Å². The standard InChI is InChI=1S/C22H22Cl2N6O2/c1-28-8-10-29(11-9-28)13-19-26-22(21(25)32)27-30(19)18-7-6-14(23)12-16(18)20(31)15-4-2-3-5-17(15)24/h2-7,12H,8-11,13H2,1H3,(H2,25,32).